The zero-order valence-electron chi connectivity index (χ0n) is 14.1. The van der Waals surface area contributed by atoms with Crippen molar-refractivity contribution in [2.75, 3.05) is 7.11 Å². The second-order valence-corrected chi connectivity index (χ2v) is 6.10. The molecule has 0 unspecified atom stereocenters. The number of nitrogens with zero attached hydrogens (tertiary/aromatic N) is 3. The molecule has 5 aromatic rings. The molecule has 5 rings (SSSR count). The molecule has 0 spiro atoms. The van der Waals surface area contributed by atoms with Crippen molar-refractivity contribution >= 4 is 27.5 Å². The van der Waals surface area contributed by atoms with Crippen LogP contribution in [-0.4, -0.2) is 21.3 Å². The van der Waals surface area contributed by atoms with Gasteiger partial charge in [-0.1, -0.05) is 30.3 Å². The maximum atomic E-state index is 13.4. The van der Waals surface area contributed by atoms with Crippen LogP contribution in [0.2, 0.25) is 0 Å². The fraction of sp³-hybridized carbons (Fsp3) is 0.0476. The van der Waals surface area contributed by atoms with Crippen LogP contribution in [0.5, 0.6) is 5.75 Å². The largest absolute Gasteiger partial charge is 0.497 e. The monoisotopic (exact) mass is 341 g/mol. The van der Waals surface area contributed by atoms with Crippen LogP contribution in [0.3, 0.4) is 0 Å². The summed E-state index contributed by atoms with van der Waals surface area (Å²) in [5.41, 5.74) is 3.03. The zero-order valence-corrected chi connectivity index (χ0v) is 14.1. The Balaban J connectivity index is 2.04. The summed E-state index contributed by atoms with van der Waals surface area (Å²) in [4.78, 5) is 18.1. The van der Waals surface area contributed by atoms with E-state index in [9.17, 15) is 4.79 Å². The number of benzene rings is 3. The molecule has 5 nitrogen and oxygen atoms in total. The second-order valence-electron chi connectivity index (χ2n) is 6.10. The number of ether oxygens (including phenoxy) is 1. The predicted molar refractivity (Wildman–Crippen MR) is 102 cm³/mol. The Morgan fingerprint density at radius 2 is 1.65 bits per heavy atom. The van der Waals surface area contributed by atoms with E-state index in [-0.39, 0.29) is 5.56 Å². The number of para-hydroxylation sites is 2. The van der Waals surface area contributed by atoms with E-state index in [1.54, 1.807) is 17.7 Å². The third-order valence-corrected chi connectivity index (χ3v) is 4.63. The minimum absolute atomic E-state index is 0.121. The maximum Gasteiger partial charge on any atom is 0.281 e. The van der Waals surface area contributed by atoms with Gasteiger partial charge in [-0.3, -0.25) is 4.79 Å². The standard InChI is InChI=1S/C21H15N3O2/c1-26-15-11-12-18-17(13-15)21(25)24-20(22-18)16-9-5-6-10-19(16)23(24)14-7-3-2-4-8-14/h2-13H,1H3. The maximum absolute atomic E-state index is 13.4. The van der Waals surface area contributed by atoms with Crippen LogP contribution < -0.4 is 10.3 Å². The van der Waals surface area contributed by atoms with E-state index in [4.69, 9.17) is 9.72 Å². The molecule has 0 bridgehead atoms. The molecule has 0 radical (unpaired) electrons. The highest BCUT2D eigenvalue weighted by atomic mass is 16.5. The normalized spacial score (nSPS) is 11.4. The van der Waals surface area contributed by atoms with Gasteiger partial charge in [0, 0.05) is 5.39 Å². The summed E-state index contributed by atoms with van der Waals surface area (Å²) < 4.78 is 8.84. The third kappa shape index (κ3) is 1.97. The number of methoxy groups -OCH3 is 1. The highest BCUT2D eigenvalue weighted by Gasteiger charge is 2.16. The Bertz CT molecular complexity index is 1330. The molecule has 5 heteroatoms. The first-order valence-corrected chi connectivity index (χ1v) is 8.33. The summed E-state index contributed by atoms with van der Waals surface area (Å²) in [5.74, 6) is 0.638. The molecule has 0 fully saturated rings. The molecule has 0 aliphatic carbocycles. The van der Waals surface area contributed by atoms with Crippen molar-refractivity contribution in [3.63, 3.8) is 0 Å². The van der Waals surface area contributed by atoms with Crippen LogP contribution >= 0.6 is 0 Å². The van der Waals surface area contributed by atoms with Gasteiger partial charge in [-0.25, -0.2) is 9.67 Å². The summed E-state index contributed by atoms with van der Waals surface area (Å²) in [6.07, 6.45) is 0. The van der Waals surface area contributed by atoms with E-state index < -0.39 is 0 Å². The Morgan fingerprint density at radius 3 is 2.46 bits per heavy atom. The number of rotatable bonds is 2. The van der Waals surface area contributed by atoms with E-state index in [0.29, 0.717) is 22.3 Å². The Labute approximate surface area is 148 Å². The van der Waals surface area contributed by atoms with Gasteiger partial charge in [0.2, 0.25) is 0 Å². The van der Waals surface area contributed by atoms with Gasteiger partial charge in [-0.05, 0) is 42.5 Å². The molecule has 2 heterocycles. The lowest BCUT2D eigenvalue weighted by Gasteiger charge is -2.09. The van der Waals surface area contributed by atoms with Crippen LogP contribution in [-0.2, 0) is 0 Å². The van der Waals surface area contributed by atoms with E-state index in [1.807, 2.05) is 71.4 Å². The average Bonchev–Trinajstić information content (AvgIpc) is 3.03. The fourth-order valence-electron chi connectivity index (χ4n) is 3.42. The average molecular weight is 341 g/mol. The van der Waals surface area contributed by atoms with Crippen LogP contribution in [0.15, 0.2) is 77.6 Å². The molecule has 3 aromatic carbocycles. The summed E-state index contributed by atoms with van der Waals surface area (Å²) in [7, 11) is 1.59. The Hall–Kier alpha value is -3.60. The van der Waals surface area contributed by atoms with Crippen molar-refractivity contribution < 1.29 is 4.74 Å². The first kappa shape index (κ1) is 14.7. The number of hydrogen-bond acceptors (Lipinski definition) is 3. The van der Waals surface area contributed by atoms with Crippen molar-refractivity contribution in [2.24, 2.45) is 0 Å². The summed E-state index contributed by atoms with van der Waals surface area (Å²) in [6, 6.07) is 23.1. The van der Waals surface area contributed by atoms with Crippen molar-refractivity contribution in [1.29, 1.82) is 0 Å². The number of fused-ring (bicyclic) bond motifs is 4. The van der Waals surface area contributed by atoms with Gasteiger partial charge >= 0.3 is 0 Å². The van der Waals surface area contributed by atoms with E-state index >= 15 is 0 Å². The molecule has 2 aromatic heterocycles. The lowest BCUT2D eigenvalue weighted by Crippen LogP contribution is -2.20. The summed E-state index contributed by atoms with van der Waals surface area (Å²) >= 11 is 0. The minimum Gasteiger partial charge on any atom is -0.497 e. The molecule has 26 heavy (non-hydrogen) atoms. The predicted octanol–water partition coefficient (Wildman–Crippen LogP) is 3.80. The second kappa shape index (κ2) is 5.46. The molecule has 0 aliphatic rings. The zero-order chi connectivity index (χ0) is 17.7. The molecule has 0 aliphatic heterocycles. The van der Waals surface area contributed by atoms with E-state index in [2.05, 4.69) is 0 Å². The molecule has 126 valence electrons. The summed E-state index contributed by atoms with van der Waals surface area (Å²) in [5, 5.41) is 1.47. The van der Waals surface area contributed by atoms with Crippen LogP contribution in [0, 0.1) is 0 Å². The van der Waals surface area contributed by atoms with Crippen LogP contribution in [0.25, 0.3) is 33.1 Å². The van der Waals surface area contributed by atoms with E-state index in [1.165, 1.54) is 0 Å². The fourth-order valence-corrected chi connectivity index (χ4v) is 3.42. The lowest BCUT2D eigenvalue weighted by atomic mass is 10.2. The molecule has 0 saturated carbocycles. The van der Waals surface area contributed by atoms with Gasteiger partial charge in [0.25, 0.3) is 5.56 Å². The van der Waals surface area contributed by atoms with Gasteiger partial charge in [0.1, 0.15) is 5.75 Å². The topological polar surface area (TPSA) is 48.5 Å². The molecule has 0 saturated heterocycles. The minimum atomic E-state index is -0.121. The number of aromatic nitrogens is 3. The smallest absolute Gasteiger partial charge is 0.281 e. The summed E-state index contributed by atoms with van der Waals surface area (Å²) in [6.45, 7) is 0. The van der Waals surface area contributed by atoms with Crippen LogP contribution in [0.1, 0.15) is 0 Å². The van der Waals surface area contributed by atoms with Gasteiger partial charge in [-0.15, -0.1) is 0 Å². The molecular weight excluding hydrogens is 326 g/mol. The molecular formula is C21H15N3O2. The molecule has 0 N–H and O–H groups in total. The molecule has 0 amide bonds. The molecule has 0 atom stereocenters. The Morgan fingerprint density at radius 1 is 0.885 bits per heavy atom. The lowest BCUT2D eigenvalue weighted by molar-refractivity contribution is 0.415. The van der Waals surface area contributed by atoms with Gasteiger partial charge < -0.3 is 4.74 Å². The van der Waals surface area contributed by atoms with Gasteiger partial charge in [0.05, 0.1) is 29.2 Å². The number of hydrogen-bond donors (Lipinski definition) is 0. The van der Waals surface area contributed by atoms with Crippen LogP contribution in [0.4, 0.5) is 0 Å². The van der Waals surface area contributed by atoms with Crippen molar-refractivity contribution in [3.05, 3.63) is 83.2 Å². The Kier molecular flexibility index (Phi) is 3.09. The first-order chi connectivity index (χ1) is 12.8. The van der Waals surface area contributed by atoms with Crippen molar-refractivity contribution in [2.45, 2.75) is 0 Å². The van der Waals surface area contributed by atoms with E-state index in [0.717, 1.165) is 16.6 Å². The van der Waals surface area contributed by atoms with Gasteiger partial charge in [0.15, 0.2) is 5.65 Å². The highest BCUT2D eigenvalue weighted by Crippen LogP contribution is 2.25. The quantitative estimate of drug-likeness (QED) is 0.491. The van der Waals surface area contributed by atoms with Gasteiger partial charge in [-0.2, -0.15) is 4.52 Å². The van der Waals surface area contributed by atoms with Crippen molar-refractivity contribution in [1.82, 2.24) is 14.2 Å². The highest BCUT2D eigenvalue weighted by molar-refractivity contribution is 5.96. The SMILES string of the molecule is COc1ccc2nc3c4ccccc4n(-c4ccccc4)n3c(=O)c2c1. The third-order valence-electron chi connectivity index (χ3n) is 4.63. The van der Waals surface area contributed by atoms with Crippen molar-refractivity contribution in [3.8, 4) is 11.4 Å². The first-order valence-electron chi connectivity index (χ1n) is 8.33.